The number of benzene rings is 1. The van der Waals surface area contributed by atoms with E-state index in [0.29, 0.717) is 18.7 Å². The van der Waals surface area contributed by atoms with Crippen molar-refractivity contribution in [2.75, 3.05) is 6.61 Å². The zero-order valence-electron chi connectivity index (χ0n) is 18.8. The van der Waals surface area contributed by atoms with Crippen molar-refractivity contribution >= 4 is 34.7 Å². The Bertz CT molecular complexity index is 960. The highest BCUT2D eigenvalue weighted by atomic mass is 79.9. The van der Waals surface area contributed by atoms with Crippen LogP contribution >= 0.6 is 15.9 Å². The summed E-state index contributed by atoms with van der Waals surface area (Å²) in [6.07, 6.45) is 0.937. The molecule has 8 nitrogen and oxygen atoms in total. The largest absolute Gasteiger partial charge is 0.475 e. The summed E-state index contributed by atoms with van der Waals surface area (Å²) in [5, 5.41) is 26.4. The van der Waals surface area contributed by atoms with Crippen LogP contribution in [0.3, 0.4) is 0 Å². The first kappa shape index (κ1) is 25.4. The number of halogens is 1. The first-order chi connectivity index (χ1) is 15.8. The lowest BCUT2D eigenvalue weighted by Crippen LogP contribution is -2.56. The molecule has 2 atom stereocenters. The average molecular weight is 518 g/mol. The van der Waals surface area contributed by atoms with Crippen molar-refractivity contribution in [3.05, 3.63) is 64.4 Å². The molecule has 1 aromatic heterocycles. The van der Waals surface area contributed by atoms with E-state index in [1.165, 1.54) is 0 Å². The number of aromatic nitrogens is 1. The molecule has 176 valence electrons. The lowest BCUT2D eigenvalue weighted by molar-refractivity contribution is -0.144. The van der Waals surface area contributed by atoms with Gasteiger partial charge in [0.15, 0.2) is 0 Å². The normalized spacial score (nSPS) is 18.5. The van der Waals surface area contributed by atoms with Crippen molar-refractivity contribution in [3.63, 3.8) is 0 Å². The Balaban J connectivity index is 1.69. The van der Waals surface area contributed by atoms with E-state index < -0.39 is 24.6 Å². The van der Waals surface area contributed by atoms with Crippen molar-refractivity contribution in [3.8, 4) is 0 Å². The number of pyridine rings is 1. The standard InChI is InChI=1S/C23H29BBrN3O5/c1-16(2)11-20(24(30)31)27-22(29)23(12-17-7-4-3-5-8-17)13-19(28-33-23)15-32-14-18-9-6-10-21(25)26-18/h3-10,16,20,30-31H,11-15H2,1-2H3,(H,27,29). The minimum absolute atomic E-state index is 0.165. The third-order valence-electron chi connectivity index (χ3n) is 5.28. The van der Waals surface area contributed by atoms with Gasteiger partial charge in [0.25, 0.3) is 5.91 Å². The van der Waals surface area contributed by atoms with Crippen LogP contribution in [0.25, 0.3) is 0 Å². The smallest absolute Gasteiger partial charge is 0.426 e. The van der Waals surface area contributed by atoms with Crippen molar-refractivity contribution in [1.29, 1.82) is 0 Å². The number of rotatable bonds is 11. The van der Waals surface area contributed by atoms with Gasteiger partial charge in [-0.3, -0.25) is 4.79 Å². The van der Waals surface area contributed by atoms with Crippen LogP contribution in [0.4, 0.5) is 0 Å². The lowest BCUT2D eigenvalue weighted by atomic mass is 9.74. The van der Waals surface area contributed by atoms with E-state index >= 15 is 0 Å². The van der Waals surface area contributed by atoms with E-state index in [4.69, 9.17) is 9.57 Å². The number of nitrogens with zero attached hydrogens (tertiary/aromatic N) is 2. The molecular formula is C23H29BBrN3O5. The molecule has 1 amide bonds. The highest BCUT2D eigenvalue weighted by Crippen LogP contribution is 2.29. The van der Waals surface area contributed by atoms with Gasteiger partial charge in [-0.2, -0.15) is 0 Å². The van der Waals surface area contributed by atoms with Gasteiger partial charge in [-0.25, -0.2) is 4.98 Å². The van der Waals surface area contributed by atoms with E-state index in [0.717, 1.165) is 15.9 Å². The summed E-state index contributed by atoms with van der Waals surface area (Å²) < 4.78 is 6.48. The summed E-state index contributed by atoms with van der Waals surface area (Å²) in [4.78, 5) is 23.4. The van der Waals surface area contributed by atoms with Crippen LogP contribution in [-0.2, 0) is 27.4 Å². The molecule has 10 heteroatoms. The van der Waals surface area contributed by atoms with Gasteiger partial charge in [-0.15, -0.1) is 0 Å². The molecule has 1 aliphatic rings. The molecular weight excluding hydrogens is 489 g/mol. The van der Waals surface area contributed by atoms with Crippen molar-refractivity contribution in [2.24, 2.45) is 11.1 Å². The number of amides is 1. The monoisotopic (exact) mass is 517 g/mol. The molecule has 0 saturated heterocycles. The van der Waals surface area contributed by atoms with Gasteiger partial charge in [0.2, 0.25) is 5.60 Å². The molecule has 1 aliphatic heterocycles. The fraction of sp³-hybridized carbons (Fsp3) is 0.435. The second kappa shape index (κ2) is 11.7. The molecule has 3 N–H and O–H groups in total. The topological polar surface area (TPSA) is 113 Å². The van der Waals surface area contributed by atoms with Gasteiger partial charge in [-0.1, -0.05) is 55.4 Å². The summed E-state index contributed by atoms with van der Waals surface area (Å²) in [5.74, 6) is -1.08. The summed E-state index contributed by atoms with van der Waals surface area (Å²) >= 11 is 3.34. The SMILES string of the molecule is CC(C)CC(NC(=O)C1(Cc2ccccc2)CC(COCc2cccc(Br)n2)=NO1)B(O)O. The summed E-state index contributed by atoms with van der Waals surface area (Å²) in [7, 11) is -1.67. The molecule has 2 aromatic rings. The number of ether oxygens (including phenoxy) is 1. The van der Waals surface area contributed by atoms with E-state index in [2.05, 4.69) is 31.4 Å². The second-order valence-electron chi connectivity index (χ2n) is 8.65. The van der Waals surface area contributed by atoms with Gasteiger partial charge < -0.3 is 24.9 Å². The molecule has 0 bridgehead atoms. The number of hydrogen-bond acceptors (Lipinski definition) is 7. The fourth-order valence-corrected chi connectivity index (χ4v) is 4.09. The minimum atomic E-state index is -1.67. The van der Waals surface area contributed by atoms with Crippen LogP contribution in [0.1, 0.15) is 37.9 Å². The molecule has 33 heavy (non-hydrogen) atoms. The Morgan fingerprint density at radius 2 is 1.97 bits per heavy atom. The van der Waals surface area contributed by atoms with E-state index in [1.807, 2.05) is 62.4 Å². The maximum atomic E-state index is 13.4. The van der Waals surface area contributed by atoms with Crippen molar-refractivity contribution in [1.82, 2.24) is 10.3 Å². The van der Waals surface area contributed by atoms with E-state index in [1.54, 1.807) is 0 Å². The number of hydrogen-bond donors (Lipinski definition) is 3. The van der Waals surface area contributed by atoms with E-state index in [9.17, 15) is 14.8 Å². The zero-order valence-corrected chi connectivity index (χ0v) is 20.4. The maximum absolute atomic E-state index is 13.4. The van der Waals surface area contributed by atoms with Gasteiger partial charge in [-0.05, 0) is 46.0 Å². The number of oxime groups is 1. The zero-order chi connectivity index (χ0) is 23.8. The molecule has 2 unspecified atom stereocenters. The minimum Gasteiger partial charge on any atom is -0.426 e. The molecule has 0 aliphatic carbocycles. The fourth-order valence-electron chi connectivity index (χ4n) is 3.71. The van der Waals surface area contributed by atoms with Gasteiger partial charge >= 0.3 is 7.12 Å². The Kier molecular flexibility index (Phi) is 9.02. The average Bonchev–Trinajstić information content (AvgIpc) is 3.17. The summed E-state index contributed by atoms with van der Waals surface area (Å²) in [6, 6.07) is 15.1. The number of carbonyl (C=O) groups is 1. The van der Waals surface area contributed by atoms with Crippen LogP contribution in [-0.4, -0.2) is 51.9 Å². The van der Waals surface area contributed by atoms with E-state index in [-0.39, 0.29) is 25.4 Å². The summed E-state index contributed by atoms with van der Waals surface area (Å²) in [6.45, 7) is 4.39. The third kappa shape index (κ3) is 7.36. The second-order valence-corrected chi connectivity index (χ2v) is 9.46. The van der Waals surface area contributed by atoms with Crippen LogP contribution in [0.15, 0.2) is 58.3 Å². The summed E-state index contributed by atoms with van der Waals surface area (Å²) in [5.41, 5.74) is 0.984. The molecule has 3 rings (SSSR count). The van der Waals surface area contributed by atoms with Crippen LogP contribution < -0.4 is 5.32 Å². The van der Waals surface area contributed by atoms with Crippen LogP contribution in [0.5, 0.6) is 0 Å². The van der Waals surface area contributed by atoms with Gasteiger partial charge in [0.1, 0.15) is 4.60 Å². The van der Waals surface area contributed by atoms with Crippen LogP contribution in [0.2, 0.25) is 0 Å². The highest BCUT2D eigenvalue weighted by Gasteiger charge is 2.48. The molecule has 0 spiro atoms. The van der Waals surface area contributed by atoms with Crippen molar-refractivity contribution in [2.45, 2.75) is 51.3 Å². The maximum Gasteiger partial charge on any atom is 0.475 e. The Hall–Kier alpha value is -2.27. The highest BCUT2D eigenvalue weighted by molar-refractivity contribution is 9.10. The first-order valence-corrected chi connectivity index (χ1v) is 11.7. The van der Waals surface area contributed by atoms with Crippen LogP contribution in [0, 0.1) is 5.92 Å². The van der Waals surface area contributed by atoms with Gasteiger partial charge in [0, 0.05) is 12.8 Å². The predicted octanol–water partition coefficient (Wildman–Crippen LogP) is 2.66. The number of carbonyl (C=O) groups excluding carboxylic acids is 1. The van der Waals surface area contributed by atoms with Crippen molar-refractivity contribution < 1.29 is 24.4 Å². The van der Waals surface area contributed by atoms with Gasteiger partial charge in [0.05, 0.1) is 30.6 Å². The molecule has 1 aromatic carbocycles. The quantitative estimate of drug-likeness (QED) is 0.312. The lowest BCUT2D eigenvalue weighted by Gasteiger charge is -2.29. The Labute approximate surface area is 202 Å². The number of nitrogens with one attached hydrogen (secondary N) is 1. The Morgan fingerprint density at radius 1 is 1.21 bits per heavy atom. The molecule has 0 saturated carbocycles. The third-order valence-corrected chi connectivity index (χ3v) is 5.72. The predicted molar refractivity (Wildman–Crippen MR) is 129 cm³/mol. The molecule has 2 heterocycles. The Morgan fingerprint density at radius 3 is 2.64 bits per heavy atom. The molecule has 0 fully saturated rings. The first-order valence-electron chi connectivity index (χ1n) is 10.9. The molecule has 0 radical (unpaired) electrons.